The smallest absolute Gasteiger partial charge is 0.129 e. The second kappa shape index (κ2) is 6.02. The van der Waals surface area contributed by atoms with E-state index >= 15 is 0 Å². The van der Waals surface area contributed by atoms with Crippen LogP contribution in [0, 0.1) is 0 Å². The topological polar surface area (TPSA) is 47.0 Å². The Labute approximate surface area is 133 Å². The molecule has 0 saturated heterocycles. The summed E-state index contributed by atoms with van der Waals surface area (Å²) in [5, 5.41) is 3.36. The van der Waals surface area contributed by atoms with E-state index < -0.39 is 0 Å². The molecule has 2 aromatic rings. The Morgan fingerprint density at radius 3 is 2.95 bits per heavy atom. The number of nitrogens with one attached hydrogen (secondary N) is 1. The van der Waals surface area contributed by atoms with Crippen LogP contribution in [0.1, 0.15) is 36.6 Å². The lowest BCUT2D eigenvalue weighted by Crippen LogP contribution is -2.05. The van der Waals surface area contributed by atoms with Crippen molar-refractivity contribution in [2.75, 3.05) is 11.9 Å². The van der Waals surface area contributed by atoms with Crippen LogP contribution in [0.4, 0.5) is 5.82 Å². The molecule has 0 radical (unpaired) electrons. The molecule has 0 fully saturated rings. The maximum atomic E-state index is 5.74. The van der Waals surface area contributed by atoms with Crippen molar-refractivity contribution in [3.8, 4) is 5.75 Å². The summed E-state index contributed by atoms with van der Waals surface area (Å²) < 4.78 is 6.83. The lowest BCUT2D eigenvalue weighted by atomic mass is 10.1. The molecule has 4 nitrogen and oxygen atoms in total. The van der Waals surface area contributed by atoms with Gasteiger partial charge in [0.15, 0.2) is 0 Å². The molecule has 0 aliphatic carbocycles. The van der Waals surface area contributed by atoms with Crippen LogP contribution in [-0.4, -0.2) is 16.6 Å². The molecule has 0 spiro atoms. The number of hydrogen-bond acceptors (Lipinski definition) is 4. The van der Waals surface area contributed by atoms with E-state index in [-0.39, 0.29) is 0 Å². The van der Waals surface area contributed by atoms with E-state index in [0.29, 0.717) is 12.5 Å². The number of rotatable bonds is 4. The number of benzene rings is 1. The summed E-state index contributed by atoms with van der Waals surface area (Å²) in [6.07, 6.45) is 2.59. The SMILES string of the molecule is CC(C)c1cc(NCc2cc(Br)cc3c2OCC3)ncn1. The molecule has 1 aromatic heterocycles. The molecule has 1 aliphatic heterocycles. The van der Waals surface area contributed by atoms with E-state index in [4.69, 9.17) is 4.74 Å². The van der Waals surface area contributed by atoms with Gasteiger partial charge in [-0.2, -0.15) is 0 Å². The third kappa shape index (κ3) is 3.18. The first-order chi connectivity index (χ1) is 10.1. The lowest BCUT2D eigenvalue weighted by Gasteiger charge is -2.12. The number of anilines is 1. The van der Waals surface area contributed by atoms with Gasteiger partial charge >= 0.3 is 0 Å². The molecule has 110 valence electrons. The molecule has 1 N–H and O–H groups in total. The summed E-state index contributed by atoms with van der Waals surface area (Å²) >= 11 is 3.56. The van der Waals surface area contributed by atoms with Crippen LogP contribution in [0.25, 0.3) is 0 Å². The van der Waals surface area contributed by atoms with Crippen molar-refractivity contribution < 1.29 is 4.74 Å². The minimum atomic E-state index is 0.395. The summed E-state index contributed by atoms with van der Waals surface area (Å²) in [7, 11) is 0. The molecular formula is C16H18BrN3O. The highest BCUT2D eigenvalue weighted by atomic mass is 79.9. The van der Waals surface area contributed by atoms with Crippen molar-refractivity contribution in [3.05, 3.63) is 45.8 Å². The zero-order valence-corrected chi connectivity index (χ0v) is 13.8. The zero-order valence-electron chi connectivity index (χ0n) is 12.2. The summed E-state index contributed by atoms with van der Waals surface area (Å²) in [6.45, 7) is 5.71. The van der Waals surface area contributed by atoms with Gasteiger partial charge in [-0.25, -0.2) is 9.97 Å². The van der Waals surface area contributed by atoms with Crippen molar-refractivity contribution in [1.29, 1.82) is 0 Å². The molecular weight excluding hydrogens is 330 g/mol. The normalized spacial score (nSPS) is 13.1. The van der Waals surface area contributed by atoms with Crippen LogP contribution < -0.4 is 10.1 Å². The van der Waals surface area contributed by atoms with Crippen molar-refractivity contribution in [2.45, 2.75) is 32.7 Å². The van der Waals surface area contributed by atoms with E-state index in [1.807, 2.05) is 6.07 Å². The lowest BCUT2D eigenvalue weighted by molar-refractivity contribution is 0.354. The predicted molar refractivity (Wildman–Crippen MR) is 86.8 cm³/mol. The van der Waals surface area contributed by atoms with Crippen LogP contribution in [-0.2, 0) is 13.0 Å². The molecule has 0 amide bonds. The quantitative estimate of drug-likeness (QED) is 0.910. The highest BCUT2D eigenvalue weighted by Gasteiger charge is 2.17. The van der Waals surface area contributed by atoms with Crippen LogP contribution in [0.3, 0.4) is 0 Å². The van der Waals surface area contributed by atoms with Gasteiger partial charge in [0.2, 0.25) is 0 Å². The summed E-state index contributed by atoms with van der Waals surface area (Å²) in [4.78, 5) is 8.56. The molecule has 0 bridgehead atoms. The first-order valence-corrected chi connectivity index (χ1v) is 7.92. The fourth-order valence-electron chi connectivity index (χ4n) is 2.45. The minimum Gasteiger partial charge on any atom is -0.493 e. The van der Waals surface area contributed by atoms with Gasteiger partial charge in [-0.15, -0.1) is 0 Å². The molecule has 2 heterocycles. The fraction of sp³-hybridized carbons (Fsp3) is 0.375. The molecule has 1 aliphatic rings. The van der Waals surface area contributed by atoms with Gasteiger partial charge in [0.1, 0.15) is 17.9 Å². The van der Waals surface area contributed by atoms with Crippen molar-refractivity contribution in [2.24, 2.45) is 0 Å². The predicted octanol–water partition coefficient (Wildman–Crippen LogP) is 3.91. The molecule has 0 unspecified atom stereocenters. The van der Waals surface area contributed by atoms with E-state index in [0.717, 1.165) is 40.3 Å². The second-order valence-electron chi connectivity index (χ2n) is 5.49. The largest absolute Gasteiger partial charge is 0.493 e. The van der Waals surface area contributed by atoms with Crippen LogP contribution >= 0.6 is 15.9 Å². The van der Waals surface area contributed by atoms with Crippen molar-refractivity contribution in [3.63, 3.8) is 0 Å². The molecule has 1 aromatic carbocycles. The molecule has 0 saturated carbocycles. The van der Waals surface area contributed by atoms with Crippen molar-refractivity contribution in [1.82, 2.24) is 9.97 Å². The van der Waals surface area contributed by atoms with Gasteiger partial charge in [0, 0.05) is 34.8 Å². The Balaban J connectivity index is 1.78. The summed E-state index contributed by atoms with van der Waals surface area (Å²) in [6, 6.07) is 6.23. The average molecular weight is 348 g/mol. The maximum absolute atomic E-state index is 5.74. The third-order valence-electron chi connectivity index (χ3n) is 3.57. The fourth-order valence-corrected chi connectivity index (χ4v) is 3.00. The Hall–Kier alpha value is -1.62. The summed E-state index contributed by atoms with van der Waals surface area (Å²) in [5.74, 6) is 2.26. The van der Waals surface area contributed by atoms with E-state index in [9.17, 15) is 0 Å². The van der Waals surface area contributed by atoms with Gasteiger partial charge in [0.25, 0.3) is 0 Å². The van der Waals surface area contributed by atoms with Crippen LogP contribution in [0.5, 0.6) is 5.75 Å². The van der Waals surface area contributed by atoms with E-state index in [1.165, 1.54) is 5.56 Å². The number of nitrogens with zero attached hydrogens (tertiary/aromatic N) is 2. The number of fused-ring (bicyclic) bond motifs is 1. The highest BCUT2D eigenvalue weighted by molar-refractivity contribution is 9.10. The summed E-state index contributed by atoms with van der Waals surface area (Å²) in [5.41, 5.74) is 3.47. The van der Waals surface area contributed by atoms with E-state index in [2.05, 4.69) is 57.2 Å². The van der Waals surface area contributed by atoms with Crippen LogP contribution in [0.2, 0.25) is 0 Å². The number of aromatic nitrogens is 2. The number of ether oxygens (including phenoxy) is 1. The second-order valence-corrected chi connectivity index (χ2v) is 6.40. The molecule has 21 heavy (non-hydrogen) atoms. The monoisotopic (exact) mass is 347 g/mol. The van der Waals surface area contributed by atoms with Gasteiger partial charge in [0.05, 0.1) is 6.61 Å². The van der Waals surface area contributed by atoms with Crippen molar-refractivity contribution >= 4 is 21.7 Å². The number of hydrogen-bond donors (Lipinski definition) is 1. The van der Waals surface area contributed by atoms with E-state index in [1.54, 1.807) is 6.33 Å². The average Bonchev–Trinajstić information content (AvgIpc) is 2.93. The highest BCUT2D eigenvalue weighted by Crippen LogP contribution is 2.33. The number of halogens is 1. The minimum absolute atomic E-state index is 0.395. The Kier molecular flexibility index (Phi) is 4.10. The first-order valence-electron chi connectivity index (χ1n) is 7.13. The zero-order chi connectivity index (χ0) is 14.8. The Bertz CT molecular complexity index is 658. The first kappa shape index (κ1) is 14.3. The maximum Gasteiger partial charge on any atom is 0.129 e. The van der Waals surface area contributed by atoms with Gasteiger partial charge in [-0.3, -0.25) is 0 Å². The van der Waals surface area contributed by atoms with Gasteiger partial charge < -0.3 is 10.1 Å². The molecule has 5 heteroatoms. The standard InChI is InChI=1S/C16H18BrN3O/c1-10(2)14-7-15(20-9-19-14)18-8-12-6-13(17)5-11-3-4-21-16(11)12/h5-7,9-10H,3-4,8H2,1-2H3,(H,18,19,20). The van der Waals surface area contributed by atoms with Gasteiger partial charge in [-0.05, 0) is 23.6 Å². The molecule has 3 rings (SSSR count). The Morgan fingerprint density at radius 1 is 1.29 bits per heavy atom. The molecule has 0 atom stereocenters. The van der Waals surface area contributed by atoms with Gasteiger partial charge in [-0.1, -0.05) is 29.8 Å². The third-order valence-corrected chi connectivity index (χ3v) is 4.02. The van der Waals surface area contributed by atoms with Crippen LogP contribution in [0.15, 0.2) is 29.0 Å². The Morgan fingerprint density at radius 2 is 2.14 bits per heavy atom.